The van der Waals surface area contributed by atoms with Crippen LogP contribution in [0.1, 0.15) is 44.0 Å². The number of aromatic nitrogens is 2. The first-order valence-electron chi connectivity index (χ1n) is 9.00. The summed E-state index contributed by atoms with van der Waals surface area (Å²) in [5.74, 6) is -0.254. The molecule has 0 atom stereocenters. The number of hydrogen-bond donors (Lipinski definition) is 3. The zero-order valence-corrected chi connectivity index (χ0v) is 16.6. The molecule has 1 aliphatic rings. The molecule has 1 aromatic heterocycles. The number of amides is 3. The van der Waals surface area contributed by atoms with Crippen molar-refractivity contribution < 1.29 is 9.59 Å². The van der Waals surface area contributed by atoms with Gasteiger partial charge in [-0.3, -0.25) is 10.1 Å². The van der Waals surface area contributed by atoms with E-state index in [0.717, 1.165) is 30.7 Å². The lowest BCUT2D eigenvalue weighted by molar-refractivity contribution is -0.123. The van der Waals surface area contributed by atoms with Crippen LogP contribution in [0.3, 0.4) is 0 Å². The van der Waals surface area contributed by atoms with E-state index in [-0.39, 0.29) is 5.91 Å². The maximum absolute atomic E-state index is 13.0. The average Bonchev–Trinajstić information content (AvgIpc) is 3.12. The Hall–Kier alpha value is -2.19. The minimum Gasteiger partial charge on any atom is -0.323 e. The highest BCUT2D eigenvalue weighted by molar-refractivity contribution is 7.15. The number of hydrogen-bond acceptors (Lipinski definition) is 5. The van der Waals surface area contributed by atoms with Gasteiger partial charge in [0.15, 0.2) is 0 Å². The zero-order chi connectivity index (χ0) is 19.3. The first-order chi connectivity index (χ1) is 13.0. The van der Waals surface area contributed by atoms with Crippen molar-refractivity contribution >= 4 is 45.7 Å². The van der Waals surface area contributed by atoms with Gasteiger partial charge in [0.05, 0.1) is 10.7 Å². The molecular formula is C18H22ClN5O2S. The van der Waals surface area contributed by atoms with Crippen molar-refractivity contribution in [3.8, 4) is 0 Å². The van der Waals surface area contributed by atoms with Gasteiger partial charge in [-0.05, 0) is 31.4 Å². The van der Waals surface area contributed by atoms with Gasteiger partial charge in [-0.15, -0.1) is 10.2 Å². The topological polar surface area (TPSA) is 96.0 Å². The lowest BCUT2D eigenvalue weighted by Gasteiger charge is -2.36. The Balaban J connectivity index is 1.72. The smallest absolute Gasteiger partial charge is 0.320 e. The molecule has 7 nitrogen and oxygen atoms in total. The third-order valence-electron chi connectivity index (χ3n) is 4.61. The maximum Gasteiger partial charge on any atom is 0.320 e. The number of halogens is 1. The molecule has 3 amide bonds. The highest BCUT2D eigenvalue weighted by Crippen LogP contribution is 2.30. The number of nitrogens with zero attached hydrogens (tertiary/aromatic N) is 2. The fraction of sp³-hybridized carbons (Fsp3) is 0.444. The molecule has 0 saturated heterocycles. The molecule has 2 aromatic rings. The van der Waals surface area contributed by atoms with Gasteiger partial charge in [0.2, 0.25) is 5.13 Å². The van der Waals surface area contributed by atoms with Crippen molar-refractivity contribution in [3.63, 3.8) is 0 Å². The summed E-state index contributed by atoms with van der Waals surface area (Å²) in [6.07, 6.45) is 4.70. The number of nitrogens with one attached hydrogen (secondary N) is 3. The van der Waals surface area contributed by atoms with Crippen molar-refractivity contribution in [3.05, 3.63) is 34.3 Å². The summed E-state index contributed by atoms with van der Waals surface area (Å²) in [5.41, 5.74) is -0.471. The number of rotatable bonds is 5. The van der Waals surface area contributed by atoms with Crippen LogP contribution in [-0.4, -0.2) is 27.7 Å². The molecular weight excluding hydrogens is 386 g/mol. The van der Waals surface area contributed by atoms with Crippen molar-refractivity contribution in [2.24, 2.45) is 0 Å². The van der Waals surface area contributed by atoms with Gasteiger partial charge >= 0.3 is 6.03 Å². The fourth-order valence-corrected chi connectivity index (χ4v) is 4.02. The van der Waals surface area contributed by atoms with Crippen LogP contribution in [-0.2, 0) is 11.2 Å². The van der Waals surface area contributed by atoms with Crippen LogP contribution in [0, 0.1) is 0 Å². The van der Waals surface area contributed by atoms with E-state index in [2.05, 4.69) is 26.1 Å². The molecule has 1 fully saturated rings. The molecule has 1 aromatic carbocycles. The van der Waals surface area contributed by atoms with E-state index in [4.69, 9.17) is 11.6 Å². The molecule has 1 heterocycles. The lowest BCUT2D eigenvalue weighted by atomic mass is 9.81. The van der Waals surface area contributed by atoms with Crippen molar-refractivity contribution in [2.75, 3.05) is 10.6 Å². The second-order valence-electron chi connectivity index (χ2n) is 6.51. The summed E-state index contributed by atoms with van der Waals surface area (Å²) in [5, 5.41) is 18.2. The van der Waals surface area contributed by atoms with E-state index in [9.17, 15) is 9.59 Å². The van der Waals surface area contributed by atoms with Crippen molar-refractivity contribution in [2.45, 2.75) is 51.0 Å². The van der Waals surface area contributed by atoms with Crippen LogP contribution in [0.2, 0.25) is 5.02 Å². The summed E-state index contributed by atoms with van der Waals surface area (Å²) in [6, 6.07) is 6.52. The van der Waals surface area contributed by atoms with E-state index in [0.29, 0.717) is 28.7 Å². The van der Waals surface area contributed by atoms with Crippen molar-refractivity contribution in [1.82, 2.24) is 15.5 Å². The van der Waals surface area contributed by atoms with E-state index >= 15 is 0 Å². The Bertz CT molecular complexity index is 820. The highest BCUT2D eigenvalue weighted by Gasteiger charge is 2.41. The van der Waals surface area contributed by atoms with Crippen LogP contribution in [0.5, 0.6) is 0 Å². The molecule has 144 valence electrons. The molecule has 0 aliphatic heterocycles. The summed E-state index contributed by atoms with van der Waals surface area (Å²) in [7, 11) is 0. The maximum atomic E-state index is 13.0. The van der Waals surface area contributed by atoms with E-state index in [1.165, 1.54) is 11.3 Å². The number of benzene rings is 1. The van der Waals surface area contributed by atoms with Gasteiger partial charge in [-0.1, -0.05) is 61.3 Å². The number of aryl methyl sites for hydroxylation is 1. The highest BCUT2D eigenvalue weighted by atomic mass is 35.5. The Morgan fingerprint density at radius 1 is 1.15 bits per heavy atom. The number of para-hydroxylation sites is 1. The summed E-state index contributed by atoms with van der Waals surface area (Å²) in [6.45, 7) is 1.98. The number of carbonyl (C=O) groups is 2. The number of carbonyl (C=O) groups excluding carboxylic acids is 2. The van der Waals surface area contributed by atoms with Gasteiger partial charge in [-0.25, -0.2) is 4.79 Å². The predicted octanol–water partition coefficient (Wildman–Crippen LogP) is 4.22. The minimum absolute atomic E-state index is 0.254. The van der Waals surface area contributed by atoms with Crippen LogP contribution < -0.4 is 16.0 Å². The molecule has 1 saturated carbocycles. The van der Waals surface area contributed by atoms with Crippen LogP contribution in [0.25, 0.3) is 0 Å². The zero-order valence-electron chi connectivity index (χ0n) is 15.0. The monoisotopic (exact) mass is 407 g/mol. The summed E-state index contributed by atoms with van der Waals surface area (Å²) >= 11 is 7.44. The Kier molecular flexibility index (Phi) is 6.28. The molecule has 0 unspecified atom stereocenters. The molecule has 1 aliphatic carbocycles. The largest absolute Gasteiger partial charge is 0.323 e. The molecule has 3 N–H and O–H groups in total. The third-order valence-corrected chi connectivity index (χ3v) is 5.92. The normalized spacial score (nSPS) is 15.8. The fourth-order valence-electron chi connectivity index (χ4n) is 3.16. The quantitative estimate of drug-likeness (QED) is 0.691. The molecule has 0 spiro atoms. The lowest BCUT2D eigenvalue weighted by Crippen LogP contribution is -2.58. The van der Waals surface area contributed by atoms with Gasteiger partial charge in [0.1, 0.15) is 10.5 Å². The number of anilines is 2. The second kappa shape index (κ2) is 8.67. The Labute approximate surface area is 166 Å². The van der Waals surface area contributed by atoms with E-state index < -0.39 is 11.6 Å². The van der Waals surface area contributed by atoms with Gasteiger partial charge in [0.25, 0.3) is 5.91 Å². The predicted molar refractivity (Wildman–Crippen MR) is 107 cm³/mol. The molecule has 0 bridgehead atoms. The van der Waals surface area contributed by atoms with Crippen LogP contribution in [0.4, 0.5) is 15.6 Å². The second-order valence-corrected chi connectivity index (χ2v) is 7.98. The first kappa shape index (κ1) is 19.6. The van der Waals surface area contributed by atoms with Gasteiger partial charge in [0, 0.05) is 0 Å². The van der Waals surface area contributed by atoms with Crippen LogP contribution >= 0.6 is 22.9 Å². The Morgan fingerprint density at radius 3 is 2.56 bits per heavy atom. The summed E-state index contributed by atoms with van der Waals surface area (Å²) < 4.78 is 0. The van der Waals surface area contributed by atoms with Gasteiger partial charge < -0.3 is 10.6 Å². The average molecular weight is 408 g/mol. The van der Waals surface area contributed by atoms with Gasteiger partial charge in [-0.2, -0.15) is 0 Å². The third kappa shape index (κ3) is 4.75. The van der Waals surface area contributed by atoms with Crippen LogP contribution in [0.15, 0.2) is 24.3 Å². The Morgan fingerprint density at radius 2 is 1.89 bits per heavy atom. The molecule has 0 radical (unpaired) electrons. The van der Waals surface area contributed by atoms with E-state index in [1.807, 2.05) is 6.92 Å². The SMILES string of the molecule is CCc1nnc(NC(=O)C2(NC(=O)Nc3ccccc3Cl)CCCCC2)s1. The molecule has 27 heavy (non-hydrogen) atoms. The molecule has 9 heteroatoms. The first-order valence-corrected chi connectivity index (χ1v) is 10.2. The minimum atomic E-state index is -0.971. The standard InChI is InChI=1S/C18H22ClN5O2S/c1-2-14-23-24-17(27-14)21-15(25)18(10-6-3-7-11-18)22-16(26)20-13-9-5-4-8-12(13)19/h4-5,8-9H,2-3,6-7,10-11H2,1H3,(H2,20,22,26)(H,21,24,25). The number of urea groups is 1. The van der Waals surface area contributed by atoms with E-state index in [1.54, 1.807) is 24.3 Å². The molecule has 3 rings (SSSR count). The summed E-state index contributed by atoms with van der Waals surface area (Å²) in [4.78, 5) is 25.6. The van der Waals surface area contributed by atoms with Crippen molar-refractivity contribution in [1.29, 1.82) is 0 Å².